The van der Waals surface area contributed by atoms with E-state index in [1.807, 2.05) is 76.2 Å². The Kier molecular flexibility index (Phi) is 17.2. The zero-order chi connectivity index (χ0) is 70.7. The van der Waals surface area contributed by atoms with Crippen molar-refractivity contribution in [3.05, 3.63) is 209 Å². The van der Waals surface area contributed by atoms with Crippen molar-refractivity contribution in [1.82, 2.24) is 10.2 Å². The molecule has 0 aliphatic carbocycles. The molecular weight excluding hydrogens is 1370 g/mol. The van der Waals surface area contributed by atoms with Gasteiger partial charge in [-0.25, -0.2) is 4.90 Å². The highest BCUT2D eigenvalue weighted by Gasteiger charge is 2.43. The van der Waals surface area contributed by atoms with Gasteiger partial charge in [0, 0.05) is 75.5 Å². The molecule has 2 aliphatic heterocycles. The molecule has 0 spiro atoms. The van der Waals surface area contributed by atoms with E-state index in [0.29, 0.717) is 22.6 Å². The van der Waals surface area contributed by atoms with Crippen LogP contribution in [0.15, 0.2) is 189 Å². The molecule has 99 heavy (non-hydrogen) atoms. The first-order chi connectivity index (χ1) is 46.8. The number of nitrogens with zero attached hydrogens (tertiary/aromatic N) is 2. The van der Waals surface area contributed by atoms with Crippen LogP contribution in [0.1, 0.15) is 110 Å². The summed E-state index contributed by atoms with van der Waals surface area (Å²) in [4.78, 5) is 90.3. The summed E-state index contributed by atoms with van der Waals surface area (Å²) in [6, 6.07) is 40.4. The molecule has 26 heteroatoms. The van der Waals surface area contributed by atoms with Crippen molar-refractivity contribution in [2.75, 3.05) is 18.0 Å². The summed E-state index contributed by atoms with van der Waals surface area (Å²) in [5, 5.41) is 3.33. The van der Waals surface area contributed by atoms with Crippen molar-refractivity contribution in [3.8, 4) is 44.5 Å². The van der Waals surface area contributed by atoms with Crippen molar-refractivity contribution in [2.24, 2.45) is 0 Å². The van der Waals surface area contributed by atoms with Gasteiger partial charge in [-0.05, 0) is 167 Å². The maximum absolute atomic E-state index is 16.3. The number of fused-ring (bicyclic) bond motifs is 2. The number of imide groups is 2. The molecule has 13 rings (SSSR count). The van der Waals surface area contributed by atoms with Gasteiger partial charge < -0.3 is 5.32 Å². The number of nitrogens with one attached hydrogen (secondary N) is 1. The van der Waals surface area contributed by atoms with Crippen LogP contribution in [0, 0.1) is 0 Å². The van der Waals surface area contributed by atoms with E-state index >= 15 is 19.2 Å². The molecule has 502 valence electrons. The lowest BCUT2D eigenvalue weighted by Crippen LogP contribution is -2.44. The Morgan fingerprint density at radius 1 is 0.404 bits per heavy atom. The van der Waals surface area contributed by atoms with Gasteiger partial charge in [0.15, 0.2) is 5.12 Å². The highest BCUT2D eigenvalue weighted by molar-refractivity contribution is 8.12. The van der Waals surface area contributed by atoms with Crippen LogP contribution in [0.3, 0.4) is 0 Å². The summed E-state index contributed by atoms with van der Waals surface area (Å²) in [7, 11) is -19.5. The predicted octanol–water partition coefficient (Wildman–Crippen LogP) is 13.4. The third-order valence-electron chi connectivity index (χ3n) is 18.0. The van der Waals surface area contributed by atoms with E-state index in [2.05, 4.69) is 5.32 Å². The Morgan fingerprint density at radius 3 is 1.06 bits per heavy atom. The van der Waals surface area contributed by atoms with Gasteiger partial charge in [-0.2, -0.15) is 33.7 Å². The van der Waals surface area contributed by atoms with Crippen molar-refractivity contribution >= 4 is 136 Å². The summed E-state index contributed by atoms with van der Waals surface area (Å²) in [6.07, 6.45) is -0.351. The molecule has 11 aromatic carbocycles. The second kappa shape index (κ2) is 25.1. The average Bonchev–Trinajstić information content (AvgIpc) is 0.667. The largest absolute Gasteiger partial charge is 0.354 e. The molecule has 0 radical (unpaired) electrons. The van der Waals surface area contributed by atoms with Gasteiger partial charge in [-0.15, -0.1) is 0 Å². The number of anilines is 1. The minimum atomic E-state index is -4.87. The molecule has 0 atom stereocenters. The molecule has 0 unspecified atom stereocenters. The standard InChI is InChI=1S/C73H57N3O18S5/c1-38(2)49-11-8-12-50(39(3)4)69(49)76-72(81)57-35-53(43-17-25-47(26-18-43)98(89,90)91)65-63-51(41-13-21-45(22-14-41)96(83,84)85)33-55-61-56(71(80)75(70(55)79)32-31-74-59(77)29-30-60(78)95-37-40-9-6-5-7-10-40)34-52(42-15-23-46(24-16-42)97(86,87)88)64(67(61)63)66-54(36-58(73(76)82)62(57)68(65)66)44-19-27-48(28-20-44)99(92,93)94/h5-28,33-36,38-39H,29-32,37H2,1-4H3,(H,74,77)(H,83,84,85)(H,86,87,88)(H,89,90,91)(H,92,93,94). The first kappa shape index (κ1) is 67.7. The number of carbonyl (C=O) groups excluding carboxylic acids is 6. The molecule has 5 amide bonds. The SMILES string of the molecule is CC(C)c1cccc(C(C)C)c1N1C(=O)c2cc(-c3ccc(S(=O)(=O)O)cc3)c3c4c(-c5ccc(S(=O)(=O)O)cc5)cc5c6c(cc(-c7ccc(S(=O)(=O)O)cc7)c(c7c(-c8ccc(S(=O)(=O)O)cc8)cc(c2c37)C1=O)c64)C(=O)N(CCNC(=O)CCC(=O)SCc1ccccc1)C5=O. The number of carbonyl (C=O) groups is 6. The fourth-order valence-electron chi connectivity index (χ4n) is 13.4. The second-order valence-electron chi connectivity index (χ2n) is 24.7. The number of amides is 5. The Hall–Kier alpha value is -9.87. The van der Waals surface area contributed by atoms with Gasteiger partial charge in [-0.1, -0.05) is 137 Å². The van der Waals surface area contributed by atoms with E-state index in [-0.39, 0.29) is 146 Å². The number of thioether (sulfide) groups is 1. The van der Waals surface area contributed by atoms with Gasteiger partial charge in [0.1, 0.15) is 0 Å². The van der Waals surface area contributed by atoms with Gasteiger partial charge in [0.2, 0.25) is 5.91 Å². The summed E-state index contributed by atoms with van der Waals surface area (Å²) in [6.45, 7) is 6.86. The molecule has 0 saturated carbocycles. The Balaban J connectivity index is 1.17. The van der Waals surface area contributed by atoms with Gasteiger partial charge in [0.05, 0.1) is 25.3 Å². The zero-order valence-electron chi connectivity index (χ0n) is 52.8. The predicted molar refractivity (Wildman–Crippen MR) is 375 cm³/mol. The monoisotopic (exact) mass is 1420 g/mol. The van der Waals surface area contributed by atoms with Crippen molar-refractivity contribution in [3.63, 3.8) is 0 Å². The van der Waals surface area contributed by atoms with Crippen LogP contribution in [0.5, 0.6) is 0 Å². The molecule has 21 nitrogen and oxygen atoms in total. The fraction of sp³-hybridized carbons (Fsp3) is 0.151. The Labute approximate surface area is 571 Å². The normalized spacial score (nSPS) is 13.7. The van der Waals surface area contributed by atoms with E-state index in [0.717, 1.165) is 75.7 Å². The molecule has 5 N–H and O–H groups in total. The summed E-state index contributed by atoms with van der Waals surface area (Å²) in [5.41, 5.74) is 3.22. The highest BCUT2D eigenvalue weighted by Crippen LogP contribution is 2.57. The maximum atomic E-state index is 16.3. The van der Waals surface area contributed by atoms with Crippen LogP contribution < -0.4 is 10.2 Å². The third-order valence-corrected chi connectivity index (χ3v) is 22.5. The lowest BCUT2D eigenvalue weighted by atomic mass is 9.74. The van der Waals surface area contributed by atoms with Crippen LogP contribution in [-0.4, -0.2) is 105 Å². The smallest absolute Gasteiger partial charge is 0.294 e. The van der Waals surface area contributed by atoms with Crippen LogP contribution in [-0.2, 0) is 55.8 Å². The van der Waals surface area contributed by atoms with Crippen molar-refractivity contribution in [1.29, 1.82) is 0 Å². The average molecular weight is 1420 g/mol. The molecule has 0 bridgehead atoms. The quantitative estimate of drug-likeness (QED) is 0.0217. The summed E-state index contributed by atoms with van der Waals surface area (Å²) in [5.74, 6) is -4.13. The van der Waals surface area contributed by atoms with Gasteiger partial charge in [0.25, 0.3) is 64.1 Å². The van der Waals surface area contributed by atoms with Crippen LogP contribution >= 0.6 is 11.8 Å². The van der Waals surface area contributed by atoms with E-state index < -0.39 is 96.1 Å². The number of para-hydroxylation sites is 1. The molecule has 0 aromatic heterocycles. The van der Waals surface area contributed by atoms with Crippen LogP contribution in [0.4, 0.5) is 5.69 Å². The number of rotatable bonds is 19. The fourth-order valence-corrected chi connectivity index (χ4v) is 16.1. The topological polar surface area (TPSA) is 338 Å². The van der Waals surface area contributed by atoms with Gasteiger partial charge >= 0.3 is 0 Å². The Morgan fingerprint density at radius 2 is 0.737 bits per heavy atom. The molecule has 2 aliphatic rings. The molecule has 0 fully saturated rings. The second-order valence-corrected chi connectivity index (χ2v) is 31.4. The summed E-state index contributed by atoms with van der Waals surface area (Å²) >= 11 is 1.05. The summed E-state index contributed by atoms with van der Waals surface area (Å²) < 4.78 is 144. The number of hydrogen-bond donors (Lipinski definition) is 5. The Bertz CT molecular complexity index is 5500. The van der Waals surface area contributed by atoms with E-state index in [1.165, 1.54) is 72.8 Å². The van der Waals surface area contributed by atoms with Crippen LogP contribution in [0.2, 0.25) is 0 Å². The zero-order valence-corrected chi connectivity index (χ0v) is 56.9. The first-order valence-electron chi connectivity index (χ1n) is 30.8. The first-order valence-corrected chi connectivity index (χ1v) is 37.6. The van der Waals surface area contributed by atoms with E-state index in [4.69, 9.17) is 0 Å². The third kappa shape index (κ3) is 12.1. The van der Waals surface area contributed by atoms with E-state index in [9.17, 15) is 61.5 Å². The van der Waals surface area contributed by atoms with Gasteiger partial charge in [-0.3, -0.25) is 51.9 Å². The minimum Gasteiger partial charge on any atom is -0.354 e. The lowest BCUT2D eigenvalue weighted by Gasteiger charge is -2.35. The minimum absolute atomic E-state index is 0.00244. The lowest BCUT2D eigenvalue weighted by molar-refractivity contribution is -0.123. The van der Waals surface area contributed by atoms with Crippen molar-refractivity contribution < 1.29 is 80.6 Å². The molecular formula is C73H57N3O18S5. The van der Waals surface area contributed by atoms with E-state index in [1.54, 1.807) is 0 Å². The molecule has 0 saturated heterocycles. The van der Waals surface area contributed by atoms with Crippen molar-refractivity contribution in [2.45, 2.75) is 77.7 Å². The number of benzene rings is 11. The molecule has 2 heterocycles. The molecule has 11 aromatic rings. The number of hydrogen-bond acceptors (Lipinski definition) is 15. The highest BCUT2D eigenvalue weighted by atomic mass is 32.2. The maximum Gasteiger partial charge on any atom is 0.294 e. The van der Waals surface area contributed by atoms with Crippen LogP contribution in [0.25, 0.3) is 87.6 Å².